The molecule has 0 amide bonds. The molecule has 214 valence electrons. The second kappa shape index (κ2) is 11.9. The Labute approximate surface area is 233 Å². The number of benzene rings is 3. The van der Waals surface area contributed by atoms with E-state index in [9.17, 15) is 22.0 Å². The molecular weight excluding hydrogens is 540 g/mol. The van der Waals surface area contributed by atoms with Crippen molar-refractivity contribution in [3.63, 3.8) is 0 Å². The van der Waals surface area contributed by atoms with Crippen LogP contribution in [-0.2, 0) is 31.7 Å². The zero-order valence-corrected chi connectivity index (χ0v) is 23.5. The number of aryl methyl sites for hydroxylation is 1. The number of carbonyl (C=O) groups is 1. The number of nitrogens with two attached hydrogens (primary N) is 1. The number of ether oxygens (including phenoxy) is 3. The summed E-state index contributed by atoms with van der Waals surface area (Å²) in [5.74, 6) is -0.272. The summed E-state index contributed by atoms with van der Waals surface area (Å²) in [6.45, 7) is 2.84. The van der Waals surface area contributed by atoms with Crippen molar-refractivity contribution in [3.05, 3.63) is 82.9 Å². The Hall–Kier alpha value is -3.50. The van der Waals surface area contributed by atoms with Crippen molar-refractivity contribution in [2.45, 2.75) is 58.5 Å². The van der Waals surface area contributed by atoms with E-state index in [0.717, 1.165) is 17.5 Å². The van der Waals surface area contributed by atoms with Gasteiger partial charge in [-0.3, -0.25) is 4.79 Å². The van der Waals surface area contributed by atoms with Crippen LogP contribution >= 0.6 is 0 Å². The maximum absolute atomic E-state index is 13.2. The minimum Gasteiger partial charge on any atom is -0.480 e. The van der Waals surface area contributed by atoms with Gasteiger partial charge in [0.05, 0.1) is 23.3 Å². The third kappa shape index (κ3) is 6.98. The standard InChI is InChI=1S/C30H33F2NO6S/c1-4-37-28(34)30(2,3)15-7-9-19-8-5-10-21(16-19)27-23-17-20(18-40(33,35)36)13-14-22(23)26-24(38-27)11-6-12-25(26)39-29(31)32/h5-6,8,10-14,16-17,27,29H,4,7,9,15,18H2,1-3H3,(H2,33,35,36). The number of carbonyl (C=O) groups excluding carboxylic acids is 1. The van der Waals surface area contributed by atoms with Crippen molar-refractivity contribution >= 4 is 16.0 Å². The third-order valence-corrected chi connectivity index (χ3v) is 7.57. The van der Waals surface area contributed by atoms with Crippen molar-refractivity contribution in [3.8, 4) is 22.6 Å². The molecule has 10 heteroatoms. The van der Waals surface area contributed by atoms with Gasteiger partial charge in [-0.2, -0.15) is 8.78 Å². The van der Waals surface area contributed by atoms with Crippen LogP contribution < -0.4 is 14.6 Å². The van der Waals surface area contributed by atoms with E-state index >= 15 is 0 Å². The zero-order valence-electron chi connectivity index (χ0n) is 22.7. The summed E-state index contributed by atoms with van der Waals surface area (Å²) in [7, 11) is -3.81. The number of fused-ring (bicyclic) bond motifs is 3. The SMILES string of the molecule is CCOC(=O)C(C)(C)CCCc1cccc(C2Oc3cccc(OC(F)F)c3-c3ccc(CS(N)(=O)=O)cc32)c1. The molecule has 0 bridgehead atoms. The van der Waals surface area contributed by atoms with Crippen LogP contribution in [0, 0.1) is 5.41 Å². The number of rotatable bonds is 11. The van der Waals surface area contributed by atoms with E-state index in [1.165, 1.54) is 6.07 Å². The maximum atomic E-state index is 13.2. The molecule has 1 unspecified atom stereocenters. The monoisotopic (exact) mass is 573 g/mol. The molecule has 0 aromatic heterocycles. The Bertz CT molecular complexity index is 1490. The molecule has 0 radical (unpaired) electrons. The highest BCUT2D eigenvalue weighted by Gasteiger charge is 2.32. The van der Waals surface area contributed by atoms with Crippen LogP contribution in [0.2, 0.25) is 0 Å². The number of halogens is 2. The minimum absolute atomic E-state index is 0.0376. The largest absolute Gasteiger partial charge is 0.480 e. The first-order valence-electron chi connectivity index (χ1n) is 13.0. The van der Waals surface area contributed by atoms with Gasteiger partial charge in [-0.1, -0.05) is 48.5 Å². The van der Waals surface area contributed by atoms with Crippen LogP contribution in [0.5, 0.6) is 11.5 Å². The number of alkyl halides is 2. The van der Waals surface area contributed by atoms with Crippen LogP contribution in [0.15, 0.2) is 60.7 Å². The zero-order chi connectivity index (χ0) is 29.1. The fourth-order valence-electron chi connectivity index (χ4n) is 4.96. The first-order chi connectivity index (χ1) is 18.9. The number of esters is 1. The van der Waals surface area contributed by atoms with Crippen LogP contribution in [0.4, 0.5) is 8.78 Å². The summed E-state index contributed by atoms with van der Waals surface area (Å²) in [6.07, 6.45) is 1.48. The smallest absolute Gasteiger partial charge is 0.387 e. The van der Waals surface area contributed by atoms with Gasteiger partial charge in [0.1, 0.15) is 17.6 Å². The van der Waals surface area contributed by atoms with Gasteiger partial charge < -0.3 is 14.2 Å². The Kier molecular flexibility index (Phi) is 8.80. The summed E-state index contributed by atoms with van der Waals surface area (Å²) >= 11 is 0. The topological polar surface area (TPSA) is 105 Å². The van der Waals surface area contributed by atoms with Gasteiger partial charge >= 0.3 is 12.6 Å². The van der Waals surface area contributed by atoms with Gasteiger partial charge in [0.15, 0.2) is 0 Å². The number of hydrogen-bond acceptors (Lipinski definition) is 6. The molecule has 0 aliphatic carbocycles. The van der Waals surface area contributed by atoms with E-state index < -0.39 is 28.2 Å². The van der Waals surface area contributed by atoms with Crippen molar-refractivity contribution in [1.29, 1.82) is 0 Å². The van der Waals surface area contributed by atoms with Gasteiger partial charge in [-0.05, 0) is 74.4 Å². The normalized spacial score (nSPS) is 14.7. The van der Waals surface area contributed by atoms with Crippen molar-refractivity contribution in [1.82, 2.24) is 0 Å². The fourth-order valence-corrected chi connectivity index (χ4v) is 5.60. The molecule has 3 aromatic carbocycles. The molecule has 1 aliphatic rings. The van der Waals surface area contributed by atoms with E-state index in [4.69, 9.17) is 19.3 Å². The Morgan fingerprint density at radius 3 is 2.52 bits per heavy atom. The molecule has 1 aliphatic heterocycles. The molecule has 0 saturated heterocycles. The first-order valence-corrected chi connectivity index (χ1v) is 14.7. The van der Waals surface area contributed by atoms with Crippen LogP contribution in [0.3, 0.4) is 0 Å². The lowest BCUT2D eigenvalue weighted by atomic mass is 9.85. The van der Waals surface area contributed by atoms with E-state index in [0.29, 0.717) is 47.5 Å². The molecule has 7 nitrogen and oxygen atoms in total. The van der Waals surface area contributed by atoms with E-state index in [1.807, 2.05) is 38.1 Å². The van der Waals surface area contributed by atoms with E-state index in [1.54, 1.807) is 37.3 Å². The number of primary sulfonamides is 1. The average Bonchev–Trinajstić information content (AvgIpc) is 2.87. The van der Waals surface area contributed by atoms with Gasteiger partial charge in [-0.15, -0.1) is 0 Å². The number of hydrogen-bond donors (Lipinski definition) is 1. The predicted octanol–water partition coefficient (Wildman–Crippen LogP) is 6.14. The van der Waals surface area contributed by atoms with Gasteiger partial charge in [-0.25, -0.2) is 13.6 Å². The molecule has 1 atom stereocenters. The lowest BCUT2D eigenvalue weighted by molar-refractivity contribution is -0.153. The van der Waals surface area contributed by atoms with Gasteiger partial charge in [0.25, 0.3) is 0 Å². The van der Waals surface area contributed by atoms with Crippen molar-refractivity contribution in [2.24, 2.45) is 10.6 Å². The van der Waals surface area contributed by atoms with E-state index in [2.05, 4.69) is 0 Å². The quantitative estimate of drug-likeness (QED) is 0.277. The molecule has 2 N–H and O–H groups in total. The number of sulfonamides is 1. The molecule has 1 heterocycles. The second-order valence-corrected chi connectivity index (χ2v) is 12.1. The van der Waals surface area contributed by atoms with Gasteiger partial charge in [0, 0.05) is 5.56 Å². The summed E-state index contributed by atoms with van der Waals surface area (Å²) in [5.41, 5.74) is 3.27. The molecule has 40 heavy (non-hydrogen) atoms. The van der Waals surface area contributed by atoms with Gasteiger partial charge in [0.2, 0.25) is 10.0 Å². The lowest BCUT2D eigenvalue weighted by Crippen LogP contribution is -2.26. The minimum atomic E-state index is -3.81. The summed E-state index contributed by atoms with van der Waals surface area (Å²) in [6, 6.07) is 17.5. The summed E-state index contributed by atoms with van der Waals surface area (Å²) in [5, 5.41) is 5.29. The lowest BCUT2D eigenvalue weighted by Gasteiger charge is -2.31. The third-order valence-electron chi connectivity index (χ3n) is 6.83. The molecule has 0 saturated carbocycles. The Morgan fingerprint density at radius 1 is 1.07 bits per heavy atom. The van der Waals surface area contributed by atoms with Crippen LogP contribution in [-0.4, -0.2) is 27.6 Å². The van der Waals surface area contributed by atoms with Crippen molar-refractivity contribution in [2.75, 3.05) is 6.61 Å². The maximum Gasteiger partial charge on any atom is 0.387 e. The van der Waals surface area contributed by atoms with E-state index in [-0.39, 0.29) is 17.5 Å². The Balaban J connectivity index is 1.68. The molecule has 4 rings (SSSR count). The first kappa shape index (κ1) is 29.5. The molecule has 0 spiro atoms. The molecule has 3 aromatic rings. The fraction of sp³-hybridized carbons (Fsp3) is 0.367. The second-order valence-electron chi connectivity index (χ2n) is 10.4. The highest BCUT2D eigenvalue weighted by molar-refractivity contribution is 7.88. The predicted molar refractivity (Wildman–Crippen MR) is 148 cm³/mol. The van der Waals surface area contributed by atoms with Crippen molar-refractivity contribution < 1.29 is 36.2 Å². The Morgan fingerprint density at radius 2 is 1.82 bits per heavy atom. The highest BCUT2D eigenvalue weighted by atomic mass is 32.2. The van der Waals surface area contributed by atoms with Crippen LogP contribution in [0.25, 0.3) is 11.1 Å². The summed E-state index contributed by atoms with van der Waals surface area (Å²) in [4.78, 5) is 12.2. The molecule has 0 fully saturated rings. The summed E-state index contributed by atoms with van der Waals surface area (Å²) < 4.78 is 66.3. The molecular formula is C30H33F2NO6S. The van der Waals surface area contributed by atoms with Crippen LogP contribution in [0.1, 0.15) is 62.0 Å². The highest BCUT2D eigenvalue weighted by Crippen LogP contribution is 2.49. The average molecular weight is 574 g/mol.